The average Bonchev–Trinajstić information content (AvgIpc) is 2.88. The first-order valence-electron chi connectivity index (χ1n) is 6.34. The number of aromatic carboxylic acids is 1. The molecule has 1 aromatic carbocycles. The first-order chi connectivity index (χ1) is 11.2. The molecule has 10 heteroatoms. The van der Waals surface area contributed by atoms with Crippen LogP contribution in [0.3, 0.4) is 0 Å². The molecule has 2 heterocycles. The van der Waals surface area contributed by atoms with Crippen molar-refractivity contribution in [2.75, 3.05) is 0 Å². The van der Waals surface area contributed by atoms with Crippen molar-refractivity contribution in [1.82, 2.24) is 14.6 Å². The predicted octanol–water partition coefficient (Wildman–Crippen LogP) is 4.42. The van der Waals surface area contributed by atoms with Gasteiger partial charge in [0, 0.05) is 11.8 Å². The predicted molar refractivity (Wildman–Crippen MR) is 80.4 cm³/mol. The van der Waals surface area contributed by atoms with Crippen molar-refractivity contribution in [3.8, 4) is 11.3 Å². The molecule has 3 aromatic rings. The molecule has 0 bridgehead atoms. The number of hydrogen-bond acceptors (Lipinski definition) is 3. The summed E-state index contributed by atoms with van der Waals surface area (Å²) in [5.74, 6) is -1.46. The van der Waals surface area contributed by atoms with Crippen LogP contribution in [-0.4, -0.2) is 25.7 Å². The molecule has 2 aromatic heterocycles. The van der Waals surface area contributed by atoms with Gasteiger partial charge in [-0.05, 0) is 18.2 Å². The number of halogens is 5. The van der Waals surface area contributed by atoms with E-state index in [1.54, 1.807) is 0 Å². The van der Waals surface area contributed by atoms with Crippen LogP contribution < -0.4 is 0 Å². The van der Waals surface area contributed by atoms with Crippen molar-refractivity contribution in [2.45, 2.75) is 6.18 Å². The quantitative estimate of drug-likeness (QED) is 0.719. The zero-order valence-electron chi connectivity index (χ0n) is 11.5. The first kappa shape index (κ1) is 16.5. The van der Waals surface area contributed by atoms with Crippen LogP contribution in [0.4, 0.5) is 13.2 Å². The van der Waals surface area contributed by atoms with Gasteiger partial charge in [0.05, 0.1) is 10.0 Å². The second-order valence-electron chi connectivity index (χ2n) is 4.72. The standard InChI is InChI=1S/C14H6Cl2F3N3O2/c15-7-2-1-6(5-8(7)16)11-10(13(23)24)12-20-4-3-9(14(17,18)19)22(12)21-11/h1-5H,(H,23,24). The van der Waals surface area contributed by atoms with Crippen LogP contribution in [0.5, 0.6) is 0 Å². The summed E-state index contributed by atoms with van der Waals surface area (Å²) >= 11 is 11.7. The van der Waals surface area contributed by atoms with Gasteiger partial charge in [0.15, 0.2) is 5.65 Å². The fourth-order valence-electron chi connectivity index (χ4n) is 2.20. The van der Waals surface area contributed by atoms with E-state index in [0.29, 0.717) is 10.6 Å². The molecular formula is C14H6Cl2F3N3O2. The molecule has 0 amide bonds. The van der Waals surface area contributed by atoms with Crippen LogP contribution in [0.1, 0.15) is 16.1 Å². The summed E-state index contributed by atoms with van der Waals surface area (Å²) in [5, 5.41) is 13.5. The number of carboxylic acid groups (broad SMARTS) is 1. The fourth-order valence-corrected chi connectivity index (χ4v) is 2.50. The fraction of sp³-hybridized carbons (Fsp3) is 0.0714. The number of hydrogen-bond donors (Lipinski definition) is 1. The Morgan fingerprint density at radius 1 is 1.17 bits per heavy atom. The smallest absolute Gasteiger partial charge is 0.433 e. The molecule has 1 N–H and O–H groups in total. The van der Waals surface area contributed by atoms with Gasteiger partial charge in [-0.3, -0.25) is 0 Å². The average molecular weight is 376 g/mol. The first-order valence-corrected chi connectivity index (χ1v) is 7.09. The Morgan fingerprint density at radius 2 is 1.88 bits per heavy atom. The maximum absolute atomic E-state index is 13.1. The third kappa shape index (κ3) is 2.67. The Kier molecular flexibility index (Phi) is 3.89. The minimum Gasteiger partial charge on any atom is -0.477 e. The highest BCUT2D eigenvalue weighted by Crippen LogP contribution is 2.34. The summed E-state index contributed by atoms with van der Waals surface area (Å²) in [6, 6.07) is 4.85. The number of fused-ring (bicyclic) bond motifs is 1. The highest BCUT2D eigenvalue weighted by atomic mass is 35.5. The molecule has 0 saturated carbocycles. The molecule has 0 fully saturated rings. The topological polar surface area (TPSA) is 67.5 Å². The summed E-state index contributed by atoms with van der Waals surface area (Å²) < 4.78 is 39.8. The Morgan fingerprint density at radius 3 is 2.46 bits per heavy atom. The maximum atomic E-state index is 13.1. The van der Waals surface area contributed by atoms with Gasteiger partial charge in [-0.15, -0.1) is 0 Å². The maximum Gasteiger partial charge on any atom is 0.433 e. The number of rotatable bonds is 2. The largest absolute Gasteiger partial charge is 0.477 e. The van der Waals surface area contributed by atoms with E-state index in [4.69, 9.17) is 23.2 Å². The summed E-state index contributed by atoms with van der Waals surface area (Å²) in [5.41, 5.74) is -2.00. The Hall–Kier alpha value is -2.32. The van der Waals surface area contributed by atoms with Crippen LogP contribution >= 0.6 is 23.2 Å². The molecule has 0 radical (unpaired) electrons. The van der Waals surface area contributed by atoms with E-state index in [2.05, 4.69) is 10.1 Å². The van der Waals surface area contributed by atoms with Crippen molar-refractivity contribution in [3.05, 3.63) is 51.8 Å². The highest BCUT2D eigenvalue weighted by Gasteiger charge is 2.36. The summed E-state index contributed by atoms with van der Waals surface area (Å²) in [4.78, 5) is 15.3. The number of nitrogens with zero attached hydrogens (tertiary/aromatic N) is 3. The number of alkyl halides is 3. The van der Waals surface area contributed by atoms with E-state index in [1.165, 1.54) is 18.2 Å². The number of aromatic nitrogens is 3. The van der Waals surface area contributed by atoms with Crippen LogP contribution in [0, 0.1) is 0 Å². The summed E-state index contributed by atoms with van der Waals surface area (Å²) in [6.07, 6.45) is -3.84. The molecule has 0 aliphatic rings. The van der Waals surface area contributed by atoms with Gasteiger partial charge in [-0.1, -0.05) is 29.3 Å². The Bertz CT molecular complexity index is 970. The summed E-state index contributed by atoms with van der Waals surface area (Å²) in [6.45, 7) is 0. The van der Waals surface area contributed by atoms with E-state index in [9.17, 15) is 23.1 Å². The molecule has 0 spiro atoms. The van der Waals surface area contributed by atoms with Crippen molar-refractivity contribution >= 4 is 34.8 Å². The number of benzene rings is 1. The van der Waals surface area contributed by atoms with Gasteiger partial charge in [0.25, 0.3) is 0 Å². The van der Waals surface area contributed by atoms with Gasteiger partial charge >= 0.3 is 12.1 Å². The third-order valence-electron chi connectivity index (χ3n) is 3.22. The lowest BCUT2D eigenvalue weighted by Gasteiger charge is -2.07. The van der Waals surface area contributed by atoms with Gasteiger partial charge in [0.1, 0.15) is 17.0 Å². The van der Waals surface area contributed by atoms with Gasteiger partial charge < -0.3 is 5.11 Å². The summed E-state index contributed by atoms with van der Waals surface area (Å²) in [7, 11) is 0. The van der Waals surface area contributed by atoms with Crippen LogP contribution in [0.25, 0.3) is 16.9 Å². The number of carboxylic acids is 1. The van der Waals surface area contributed by atoms with Gasteiger partial charge in [-0.25, -0.2) is 14.3 Å². The lowest BCUT2D eigenvalue weighted by atomic mass is 10.1. The molecular weight excluding hydrogens is 370 g/mol. The minimum atomic E-state index is -4.72. The van der Waals surface area contributed by atoms with Gasteiger partial charge in [0.2, 0.25) is 0 Å². The second-order valence-corrected chi connectivity index (χ2v) is 5.54. The SMILES string of the molecule is O=C(O)c1c(-c2ccc(Cl)c(Cl)c2)nn2c(C(F)(F)F)ccnc12. The minimum absolute atomic E-state index is 0.117. The zero-order chi connectivity index (χ0) is 17.6. The highest BCUT2D eigenvalue weighted by molar-refractivity contribution is 6.42. The van der Waals surface area contributed by atoms with E-state index in [-0.39, 0.29) is 21.3 Å². The van der Waals surface area contributed by atoms with E-state index in [0.717, 1.165) is 6.20 Å². The van der Waals surface area contributed by atoms with Crippen LogP contribution in [-0.2, 0) is 6.18 Å². The van der Waals surface area contributed by atoms with Gasteiger partial charge in [-0.2, -0.15) is 18.3 Å². The molecule has 0 saturated heterocycles. The molecule has 0 atom stereocenters. The molecule has 124 valence electrons. The zero-order valence-corrected chi connectivity index (χ0v) is 13.0. The van der Waals surface area contributed by atoms with E-state index in [1.807, 2.05) is 0 Å². The van der Waals surface area contributed by atoms with Crippen molar-refractivity contribution in [2.24, 2.45) is 0 Å². The van der Waals surface area contributed by atoms with E-state index >= 15 is 0 Å². The molecule has 0 unspecified atom stereocenters. The van der Waals surface area contributed by atoms with E-state index < -0.39 is 29.1 Å². The van der Waals surface area contributed by atoms with Crippen molar-refractivity contribution < 1.29 is 23.1 Å². The molecule has 0 aliphatic carbocycles. The normalized spacial score (nSPS) is 11.9. The van der Waals surface area contributed by atoms with Crippen LogP contribution in [0.2, 0.25) is 10.0 Å². The lowest BCUT2D eigenvalue weighted by Crippen LogP contribution is -2.13. The van der Waals surface area contributed by atoms with Crippen molar-refractivity contribution in [1.29, 1.82) is 0 Å². The monoisotopic (exact) mass is 375 g/mol. The molecule has 24 heavy (non-hydrogen) atoms. The molecule has 0 aliphatic heterocycles. The molecule has 3 rings (SSSR count). The Balaban J connectivity index is 2.38. The lowest BCUT2D eigenvalue weighted by molar-refractivity contribution is -0.142. The third-order valence-corrected chi connectivity index (χ3v) is 3.95. The second kappa shape index (κ2) is 5.64. The number of carbonyl (C=O) groups is 1. The van der Waals surface area contributed by atoms with Crippen molar-refractivity contribution in [3.63, 3.8) is 0 Å². The Labute approximate surface area is 142 Å². The van der Waals surface area contributed by atoms with Crippen LogP contribution in [0.15, 0.2) is 30.5 Å². The molecule has 5 nitrogen and oxygen atoms in total.